The van der Waals surface area contributed by atoms with Crippen molar-refractivity contribution in [3.63, 3.8) is 0 Å². The van der Waals surface area contributed by atoms with Crippen LogP contribution in [-0.2, 0) is 6.54 Å². The third-order valence-corrected chi connectivity index (χ3v) is 3.94. The fourth-order valence-corrected chi connectivity index (χ4v) is 2.83. The highest BCUT2D eigenvalue weighted by atomic mass is 16.3. The predicted molar refractivity (Wildman–Crippen MR) is 87.3 cm³/mol. The Morgan fingerprint density at radius 2 is 2.04 bits per heavy atom. The summed E-state index contributed by atoms with van der Waals surface area (Å²) < 4.78 is 7.22. The number of rotatable bonds is 3. The molecule has 0 aliphatic rings. The van der Waals surface area contributed by atoms with Gasteiger partial charge in [-0.15, -0.1) is 0 Å². The first-order chi connectivity index (χ1) is 11.2. The van der Waals surface area contributed by atoms with Crippen molar-refractivity contribution >= 4 is 22.4 Å². The average Bonchev–Trinajstić information content (AvgIpc) is 3.12. The number of nitrogens with zero attached hydrogens (tertiary/aromatic N) is 2. The van der Waals surface area contributed by atoms with Gasteiger partial charge in [-0.05, 0) is 25.1 Å². The number of pyridine rings is 1. The van der Waals surface area contributed by atoms with E-state index in [2.05, 4.69) is 10.4 Å². The van der Waals surface area contributed by atoms with Crippen LogP contribution in [0, 0.1) is 6.92 Å². The van der Waals surface area contributed by atoms with Gasteiger partial charge in [-0.25, -0.2) is 4.52 Å². The summed E-state index contributed by atoms with van der Waals surface area (Å²) in [4.78, 5) is 12.6. The molecule has 114 valence electrons. The summed E-state index contributed by atoms with van der Waals surface area (Å²) in [6, 6.07) is 13.5. The monoisotopic (exact) mass is 305 g/mol. The number of aryl methyl sites for hydroxylation is 1. The number of benzene rings is 1. The molecular formula is C18H15N3O2. The second-order valence-corrected chi connectivity index (χ2v) is 5.43. The van der Waals surface area contributed by atoms with Crippen molar-refractivity contribution in [1.29, 1.82) is 0 Å². The van der Waals surface area contributed by atoms with Gasteiger partial charge in [-0.1, -0.05) is 24.3 Å². The van der Waals surface area contributed by atoms with E-state index in [0.29, 0.717) is 17.8 Å². The highest BCUT2D eigenvalue weighted by molar-refractivity contribution is 6.02. The maximum Gasteiger partial charge on any atom is 0.255 e. The molecule has 1 amide bonds. The normalized spacial score (nSPS) is 11.2. The van der Waals surface area contributed by atoms with Crippen LogP contribution in [0.4, 0.5) is 0 Å². The molecule has 23 heavy (non-hydrogen) atoms. The molecule has 0 radical (unpaired) electrons. The largest absolute Gasteiger partial charge is 0.464 e. The molecule has 0 saturated carbocycles. The van der Waals surface area contributed by atoms with Crippen LogP contribution in [-0.4, -0.2) is 15.5 Å². The van der Waals surface area contributed by atoms with Crippen LogP contribution < -0.4 is 5.32 Å². The van der Waals surface area contributed by atoms with Gasteiger partial charge >= 0.3 is 0 Å². The van der Waals surface area contributed by atoms with Gasteiger partial charge < -0.3 is 9.73 Å². The third-order valence-electron chi connectivity index (χ3n) is 3.94. The van der Waals surface area contributed by atoms with E-state index in [1.165, 1.54) is 0 Å². The van der Waals surface area contributed by atoms with E-state index >= 15 is 0 Å². The molecule has 0 saturated heterocycles. The quantitative estimate of drug-likeness (QED) is 0.631. The number of hydrogen-bond acceptors (Lipinski definition) is 3. The van der Waals surface area contributed by atoms with Crippen LogP contribution in [0.1, 0.15) is 21.6 Å². The van der Waals surface area contributed by atoms with Crippen molar-refractivity contribution in [3.8, 4) is 0 Å². The maximum absolute atomic E-state index is 12.6. The Hall–Kier alpha value is -3.08. The van der Waals surface area contributed by atoms with Crippen molar-refractivity contribution in [3.05, 3.63) is 71.7 Å². The van der Waals surface area contributed by atoms with Gasteiger partial charge in [0.05, 0.1) is 23.0 Å². The summed E-state index contributed by atoms with van der Waals surface area (Å²) in [6.45, 7) is 2.26. The first-order valence-electron chi connectivity index (χ1n) is 7.41. The molecule has 0 aliphatic heterocycles. The smallest absolute Gasteiger partial charge is 0.255 e. The Morgan fingerprint density at radius 1 is 1.22 bits per heavy atom. The lowest BCUT2D eigenvalue weighted by atomic mass is 10.1. The number of fused-ring (bicyclic) bond motifs is 2. The van der Waals surface area contributed by atoms with Crippen LogP contribution in [0.25, 0.3) is 16.5 Å². The molecule has 0 unspecified atom stereocenters. The van der Waals surface area contributed by atoms with Crippen molar-refractivity contribution in [1.82, 2.24) is 14.9 Å². The zero-order valence-electron chi connectivity index (χ0n) is 12.6. The summed E-state index contributed by atoms with van der Waals surface area (Å²) in [5, 5.41) is 8.34. The average molecular weight is 305 g/mol. The SMILES string of the molecule is Cc1nn2ccccc2c1C(=O)NCc1coc2ccccc12. The predicted octanol–water partition coefficient (Wildman–Crippen LogP) is 3.32. The number of amides is 1. The van der Waals surface area contributed by atoms with Gasteiger partial charge in [0.25, 0.3) is 5.91 Å². The number of aromatic nitrogens is 2. The standard InChI is InChI=1S/C18H15N3O2/c1-12-17(15-7-4-5-9-21(15)20-12)18(22)19-10-13-11-23-16-8-3-2-6-14(13)16/h2-9,11H,10H2,1H3,(H,19,22). The van der Waals surface area contributed by atoms with E-state index in [-0.39, 0.29) is 5.91 Å². The summed E-state index contributed by atoms with van der Waals surface area (Å²) >= 11 is 0. The summed E-state index contributed by atoms with van der Waals surface area (Å²) in [5.41, 5.74) is 3.91. The highest BCUT2D eigenvalue weighted by Crippen LogP contribution is 2.21. The Bertz CT molecular complexity index is 1010. The molecule has 1 aromatic carbocycles. The molecule has 4 rings (SSSR count). The van der Waals surface area contributed by atoms with Gasteiger partial charge in [0.2, 0.25) is 0 Å². The molecule has 5 nitrogen and oxygen atoms in total. The van der Waals surface area contributed by atoms with E-state index in [1.54, 1.807) is 10.8 Å². The molecule has 0 bridgehead atoms. The lowest BCUT2D eigenvalue weighted by Gasteiger charge is -2.04. The third kappa shape index (κ3) is 2.26. The van der Waals surface area contributed by atoms with E-state index < -0.39 is 0 Å². The van der Waals surface area contributed by atoms with Crippen molar-refractivity contribution < 1.29 is 9.21 Å². The van der Waals surface area contributed by atoms with Gasteiger partial charge in [0.1, 0.15) is 5.58 Å². The topological polar surface area (TPSA) is 59.5 Å². The molecule has 0 atom stereocenters. The molecule has 0 aliphatic carbocycles. The molecule has 1 N–H and O–H groups in total. The van der Waals surface area contributed by atoms with Crippen LogP contribution in [0.3, 0.4) is 0 Å². The Kier molecular flexibility index (Phi) is 3.12. The fourth-order valence-electron chi connectivity index (χ4n) is 2.83. The van der Waals surface area contributed by atoms with Crippen LogP contribution in [0.2, 0.25) is 0 Å². The zero-order valence-corrected chi connectivity index (χ0v) is 12.6. The summed E-state index contributed by atoms with van der Waals surface area (Å²) in [6.07, 6.45) is 3.52. The van der Waals surface area contributed by atoms with Gasteiger partial charge in [0.15, 0.2) is 0 Å². The second-order valence-electron chi connectivity index (χ2n) is 5.43. The number of para-hydroxylation sites is 1. The minimum atomic E-state index is -0.131. The van der Waals surface area contributed by atoms with Crippen LogP contribution in [0.5, 0.6) is 0 Å². The number of hydrogen-bond donors (Lipinski definition) is 1. The molecule has 5 heteroatoms. The molecule has 3 heterocycles. The number of carbonyl (C=O) groups is 1. The van der Waals surface area contributed by atoms with Crippen molar-refractivity contribution in [2.75, 3.05) is 0 Å². The minimum absolute atomic E-state index is 0.131. The molecular weight excluding hydrogens is 290 g/mol. The maximum atomic E-state index is 12.6. The van der Waals surface area contributed by atoms with Gasteiger partial charge in [-0.3, -0.25) is 4.79 Å². The van der Waals surface area contributed by atoms with Crippen molar-refractivity contribution in [2.24, 2.45) is 0 Å². The molecule has 3 aromatic heterocycles. The summed E-state index contributed by atoms with van der Waals surface area (Å²) in [7, 11) is 0. The lowest BCUT2D eigenvalue weighted by Crippen LogP contribution is -2.23. The van der Waals surface area contributed by atoms with E-state index in [0.717, 1.165) is 22.0 Å². The Morgan fingerprint density at radius 3 is 2.96 bits per heavy atom. The van der Waals surface area contributed by atoms with E-state index in [4.69, 9.17) is 4.42 Å². The molecule has 0 fully saturated rings. The first-order valence-corrected chi connectivity index (χ1v) is 7.41. The molecule has 0 spiro atoms. The molecule has 4 aromatic rings. The van der Waals surface area contributed by atoms with Gasteiger partial charge in [-0.2, -0.15) is 5.10 Å². The number of furan rings is 1. The summed E-state index contributed by atoms with van der Waals surface area (Å²) in [5.74, 6) is -0.131. The van der Waals surface area contributed by atoms with Gasteiger partial charge in [0, 0.05) is 23.7 Å². The zero-order chi connectivity index (χ0) is 15.8. The minimum Gasteiger partial charge on any atom is -0.464 e. The van der Waals surface area contributed by atoms with E-state index in [1.807, 2.05) is 55.6 Å². The second kappa shape index (κ2) is 5.28. The van der Waals surface area contributed by atoms with E-state index in [9.17, 15) is 4.79 Å². The van der Waals surface area contributed by atoms with Crippen molar-refractivity contribution in [2.45, 2.75) is 13.5 Å². The van der Waals surface area contributed by atoms with Crippen LogP contribution in [0.15, 0.2) is 59.3 Å². The van der Waals surface area contributed by atoms with Crippen LogP contribution >= 0.6 is 0 Å². The number of carbonyl (C=O) groups excluding carboxylic acids is 1. The Balaban J connectivity index is 1.61. The highest BCUT2D eigenvalue weighted by Gasteiger charge is 2.17. The Labute approximate surface area is 132 Å². The first kappa shape index (κ1) is 13.6. The lowest BCUT2D eigenvalue weighted by molar-refractivity contribution is 0.0952. The number of nitrogens with one attached hydrogen (secondary N) is 1. The fraction of sp³-hybridized carbons (Fsp3) is 0.111.